The average molecular weight is 571 g/mol. The minimum absolute atomic E-state index is 0.0257. The zero-order valence-electron chi connectivity index (χ0n) is 22.6. The fourth-order valence-electron chi connectivity index (χ4n) is 9.53. The van der Waals surface area contributed by atoms with Crippen LogP contribution in [0.4, 0.5) is 13.2 Å². The standard InChI is InChI=1S/C31H45F3O2S2/c32-31(33,34)20-8-3-9-21(17-20)37-25-12-4-10-23-27(25)29(35)24-11-5-13-26(28(24)30(23)36)38-22-15-14-18-6-1-2-7-19(18)16-22/h18-28H,1-17H2. The number of ketones is 2. The van der Waals surface area contributed by atoms with E-state index in [2.05, 4.69) is 11.8 Å². The van der Waals surface area contributed by atoms with Crippen molar-refractivity contribution in [2.45, 2.75) is 136 Å². The maximum Gasteiger partial charge on any atom is 0.391 e. The van der Waals surface area contributed by atoms with Gasteiger partial charge in [-0.05, 0) is 76.0 Å². The Morgan fingerprint density at radius 2 is 1.11 bits per heavy atom. The van der Waals surface area contributed by atoms with Crippen molar-refractivity contribution in [1.29, 1.82) is 0 Å². The SMILES string of the molecule is O=C1C2CCCC(SC3CCCC(C(F)(F)F)C3)C2C(=O)C2CCCC(SC3CCC4CCCCC4C3)C12. The third kappa shape index (κ3) is 5.63. The van der Waals surface area contributed by atoms with Gasteiger partial charge in [0.25, 0.3) is 0 Å². The molecule has 6 saturated carbocycles. The predicted octanol–water partition coefficient (Wildman–Crippen LogP) is 8.65. The molecule has 0 aliphatic heterocycles. The summed E-state index contributed by atoms with van der Waals surface area (Å²) in [7, 11) is 0. The third-order valence-corrected chi connectivity index (χ3v) is 14.8. The first-order valence-corrected chi connectivity index (χ1v) is 17.6. The van der Waals surface area contributed by atoms with Gasteiger partial charge in [-0.2, -0.15) is 36.7 Å². The van der Waals surface area contributed by atoms with Crippen molar-refractivity contribution in [2.75, 3.05) is 0 Å². The number of hydrogen-bond donors (Lipinski definition) is 0. The summed E-state index contributed by atoms with van der Waals surface area (Å²) in [6, 6.07) is 0. The Hall–Kier alpha value is -0.170. The Morgan fingerprint density at radius 3 is 1.71 bits per heavy atom. The van der Waals surface area contributed by atoms with Gasteiger partial charge in [-0.3, -0.25) is 9.59 Å². The molecular weight excluding hydrogens is 525 g/mol. The molecule has 38 heavy (non-hydrogen) atoms. The second-order valence-electron chi connectivity index (χ2n) is 13.5. The molecule has 0 heterocycles. The van der Waals surface area contributed by atoms with Crippen molar-refractivity contribution in [1.82, 2.24) is 0 Å². The average Bonchev–Trinajstić information content (AvgIpc) is 2.91. The van der Waals surface area contributed by atoms with Crippen LogP contribution in [0.5, 0.6) is 0 Å². The molecule has 0 spiro atoms. The highest BCUT2D eigenvalue weighted by atomic mass is 32.2. The van der Waals surface area contributed by atoms with Gasteiger partial charge in [-0.25, -0.2) is 0 Å². The van der Waals surface area contributed by atoms with Crippen LogP contribution in [0.15, 0.2) is 0 Å². The minimum atomic E-state index is -4.12. The Labute approximate surface area is 235 Å². The van der Waals surface area contributed by atoms with Gasteiger partial charge in [0.2, 0.25) is 0 Å². The first-order chi connectivity index (χ1) is 18.3. The molecule has 6 aliphatic rings. The summed E-state index contributed by atoms with van der Waals surface area (Å²) in [4.78, 5) is 28.2. The van der Waals surface area contributed by atoms with Gasteiger partial charge in [0.05, 0.1) is 5.92 Å². The van der Waals surface area contributed by atoms with Crippen LogP contribution in [0.3, 0.4) is 0 Å². The van der Waals surface area contributed by atoms with Crippen LogP contribution < -0.4 is 0 Å². The number of Topliss-reactive ketones (excluding diaryl/α,β-unsaturated/α-hetero) is 2. The number of carbonyl (C=O) groups is 2. The molecule has 0 aromatic heterocycles. The Bertz CT molecular complexity index is 878. The van der Waals surface area contributed by atoms with Crippen LogP contribution in [-0.2, 0) is 9.59 Å². The van der Waals surface area contributed by atoms with E-state index in [1.54, 1.807) is 11.8 Å². The highest BCUT2D eigenvalue weighted by Crippen LogP contribution is 2.54. The van der Waals surface area contributed by atoms with Crippen LogP contribution in [0, 0.1) is 41.4 Å². The number of alkyl halides is 3. The van der Waals surface area contributed by atoms with Gasteiger partial charge in [0, 0.05) is 44.7 Å². The van der Waals surface area contributed by atoms with Crippen molar-refractivity contribution < 1.29 is 22.8 Å². The van der Waals surface area contributed by atoms with Crippen molar-refractivity contribution in [3.8, 4) is 0 Å². The minimum Gasteiger partial charge on any atom is -0.299 e. The van der Waals surface area contributed by atoms with Gasteiger partial charge in [-0.1, -0.05) is 44.9 Å². The van der Waals surface area contributed by atoms with E-state index in [4.69, 9.17) is 0 Å². The summed E-state index contributed by atoms with van der Waals surface area (Å²) in [5, 5.41) is 0.915. The van der Waals surface area contributed by atoms with Crippen molar-refractivity contribution in [3.63, 3.8) is 0 Å². The number of thioether (sulfide) groups is 2. The normalized spacial score (nSPS) is 46.1. The van der Waals surface area contributed by atoms with Crippen molar-refractivity contribution in [2.24, 2.45) is 41.4 Å². The molecule has 11 atom stereocenters. The molecule has 6 aliphatic carbocycles. The number of carbonyl (C=O) groups excluding carboxylic acids is 2. The van der Waals surface area contributed by atoms with E-state index in [1.165, 1.54) is 44.9 Å². The second-order valence-corrected chi connectivity index (χ2v) is 16.6. The van der Waals surface area contributed by atoms with Gasteiger partial charge in [0.15, 0.2) is 0 Å². The summed E-state index contributed by atoms with van der Waals surface area (Å²) in [6.07, 6.45) is 12.7. The number of halogens is 3. The molecule has 0 amide bonds. The fourth-order valence-corrected chi connectivity index (χ4v) is 13.4. The molecular formula is C31H45F3O2S2. The van der Waals surface area contributed by atoms with E-state index in [9.17, 15) is 22.8 Å². The van der Waals surface area contributed by atoms with E-state index >= 15 is 0 Å². The highest BCUT2D eigenvalue weighted by Gasteiger charge is 2.56. The van der Waals surface area contributed by atoms with E-state index in [-0.39, 0.29) is 52.3 Å². The van der Waals surface area contributed by atoms with Gasteiger partial charge in [-0.15, -0.1) is 0 Å². The zero-order chi connectivity index (χ0) is 26.4. The van der Waals surface area contributed by atoms with E-state index in [1.807, 2.05) is 0 Å². The summed E-state index contributed by atoms with van der Waals surface area (Å²) < 4.78 is 40.3. The lowest BCUT2D eigenvalue weighted by molar-refractivity contribution is -0.181. The van der Waals surface area contributed by atoms with E-state index in [0.29, 0.717) is 23.2 Å². The quantitative estimate of drug-likeness (QED) is 0.339. The summed E-state index contributed by atoms with van der Waals surface area (Å²) in [6.45, 7) is 0. The van der Waals surface area contributed by atoms with Crippen molar-refractivity contribution in [3.05, 3.63) is 0 Å². The maximum atomic E-state index is 14.1. The first-order valence-electron chi connectivity index (χ1n) is 15.7. The predicted molar refractivity (Wildman–Crippen MR) is 149 cm³/mol. The number of rotatable bonds is 4. The molecule has 0 bridgehead atoms. The highest BCUT2D eigenvalue weighted by molar-refractivity contribution is 8.00. The number of hydrogen-bond acceptors (Lipinski definition) is 4. The lowest BCUT2D eigenvalue weighted by Gasteiger charge is -2.50. The lowest BCUT2D eigenvalue weighted by Crippen LogP contribution is -2.56. The Kier molecular flexibility index (Phi) is 8.54. The molecule has 0 radical (unpaired) electrons. The summed E-state index contributed by atoms with van der Waals surface area (Å²) in [5.74, 6) is 0.548. The van der Waals surface area contributed by atoms with Crippen molar-refractivity contribution >= 4 is 35.1 Å². The lowest BCUT2D eigenvalue weighted by atomic mass is 9.58. The van der Waals surface area contributed by atoms with E-state index in [0.717, 1.165) is 56.8 Å². The molecule has 214 valence electrons. The third-order valence-electron chi connectivity index (χ3n) is 11.4. The maximum absolute atomic E-state index is 14.1. The molecule has 2 nitrogen and oxygen atoms in total. The first kappa shape index (κ1) is 28.0. The summed E-state index contributed by atoms with van der Waals surface area (Å²) >= 11 is 3.73. The zero-order valence-corrected chi connectivity index (χ0v) is 24.3. The summed E-state index contributed by atoms with van der Waals surface area (Å²) in [5.41, 5.74) is 0. The van der Waals surface area contributed by atoms with Gasteiger partial charge in [0.1, 0.15) is 11.6 Å². The largest absolute Gasteiger partial charge is 0.391 e. The van der Waals surface area contributed by atoms with Crippen LogP contribution in [0.25, 0.3) is 0 Å². The van der Waals surface area contributed by atoms with Gasteiger partial charge >= 0.3 is 6.18 Å². The van der Waals surface area contributed by atoms with Crippen LogP contribution in [0.2, 0.25) is 0 Å². The molecule has 6 rings (SSSR count). The van der Waals surface area contributed by atoms with Crippen LogP contribution in [0.1, 0.15) is 109 Å². The van der Waals surface area contributed by atoms with Crippen LogP contribution in [-0.4, -0.2) is 38.7 Å². The molecule has 0 saturated heterocycles. The molecule has 6 fully saturated rings. The molecule has 0 aromatic carbocycles. The smallest absolute Gasteiger partial charge is 0.299 e. The molecule has 0 N–H and O–H groups in total. The fraction of sp³-hybridized carbons (Fsp3) is 0.935. The van der Waals surface area contributed by atoms with Gasteiger partial charge < -0.3 is 0 Å². The second kappa shape index (κ2) is 11.6. The van der Waals surface area contributed by atoms with Crippen LogP contribution >= 0.6 is 23.5 Å². The Morgan fingerprint density at radius 1 is 0.553 bits per heavy atom. The molecule has 7 heteroatoms. The Balaban J connectivity index is 1.13. The molecule has 11 unspecified atom stereocenters. The monoisotopic (exact) mass is 570 g/mol. The molecule has 0 aromatic rings. The topological polar surface area (TPSA) is 34.1 Å². The number of fused-ring (bicyclic) bond motifs is 3. The van der Waals surface area contributed by atoms with E-state index < -0.39 is 12.1 Å².